The van der Waals surface area contributed by atoms with E-state index in [0.29, 0.717) is 41.9 Å². The Hall–Kier alpha value is -1.88. The molecule has 5 rings (SSSR count). The Balaban J connectivity index is 1.50. The minimum absolute atomic E-state index is 0.181. The van der Waals surface area contributed by atoms with Gasteiger partial charge in [0.2, 0.25) is 0 Å². The maximum absolute atomic E-state index is 12.0. The summed E-state index contributed by atoms with van der Waals surface area (Å²) in [5, 5.41) is 20.5. The van der Waals surface area contributed by atoms with E-state index in [1.165, 1.54) is 5.57 Å². The summed E-state index contributed by atoms with van der Waals surface area (Å²) < 4.78 is 4.61. The van der Waals surface area contributed by atoms with Crippen LogP contribution in [-0.2, 0) is 9.53 Å². The molecule has 29 heavy (non-hydrogen) atoms. The summed E-state index contributed by atoms with van der Waals surface area (Å²) in [6.07, 6.45) is 10.9. The molecule has 5 nitrogen and oxygen atoms in total. The molecule has 0 aromatic carbocycles. The van der Waals surface area contributed by atoms with Crippen LogP contribution in [0.5, 0.6) is 0 Å². The Morgan fingerprint density at radius 3 is 2.86 bits per heavy atom. The molecule has 0 bridgehead atoms. The predicted molar refractivity (Wildman–Crippen MR) is 107 cm³/mol. The van der Waals surface area contributed by atoms with Crippen molar-refractivity contribution in [3.8, 4) is 0 Å². The van der Waals surface area contributed by atoms with E-state index in [2.05, 4.69) is 24.3 Å². The van der Waals surface area contributed by atoms with Crippen LogP contribution in [0.3, 0.4) is 0 Å². The fourth-order valence-electron chi connectivity index (χ4n) is 8.06. The number of ketones is 1. The van der Waals surface area contributed by atoms with E-state index in [1.54, 1.807) is 6.08 Å². The highest BCUT2D eigenvalue weighted by Crippen LogP contribution is 2.76. The predicted octanol–water partition coefficient (Wildman–Crippen LogP) is 4.34. The number of carbonyl (C=O) groups excluding carboxylic acids is 1. The van der Waals surface area contributed by atoms with Gasteiger partial charge in [-0.25, -0.2) is 4.79 Å². The van der Waals surface area contributed by atoms with Gasteiger partial charge in [-0.2, -0.15) is 0 Å². The van der Waals surface area contributed by atoms with Gasteiger partial charge in [0, 0.05) is 11.8 Å². The quantitative estimate of drug-likeness (QED) is 0.420. The Morgan fingerprint density at radius 1 is 1.34 bits per heavy atom. The molecule has 0 spiro atoms. The first-order valence-corrected chi connectivity index (χ1v) is 11.0. The van der Waals surface area contributed by atoms with Gasteiger partial charge in [0.25, 0.3) is 0 Å². The van der Waals surface area contributed by atoms with Crippen LogP contribution in [-0.4, -0.2) is 27.8 Å². The van der Waals surface area contributed by atoms with Gasteiger partial charge in [0.05, 0.1) is 11.9 Å². The lowest BCUT2D eigenvalue weighted by Crippen LogP contribution is -2.56. The zero-order valence-corrected chi connectivity index (χ0v) is 16.9. The molecule has 0 aliphatic heterocycles. The summed E-state index contributed by atoms with van der Waals surface area (Å²) in [5.74, 6) is 3.17. The molecule has 0 amide bonds. The smallest absolute Gasteiger partial charge is 0.449 e. The maximum Gasteiger partial charge on any atom is 0.510 e. The van der Waals surface area contributed by atoms with Crippen LogP contribution >= 0.6 is 0 Å². The summed E-state index contributed by atoms with van der Waals surface area (Å²) in [6.45, 7) is 6.33. The molecule has 156 valence electrons. The first kappa shape index (κ1) is 19.1. The highest BCUT2D eigenvalue weighted by atomic mass is 16.7. The number of carbonyl (C=O) groups is 2. The molecule has 4 fully saturated rings. The van der Waals surface area contributed by atoms with Crippen molar-refractivity contribution in [2.45, 2.75) is 51.0 Å². The molecule has 2 N–H and O–H groups in total. The van der Waals surface area contributed by atoms with Crippen LogP contribution in [0, 0.1) is 46.8 Å². The molecule has 5 aliphatic carbocycles. The summed E-state index contributed by atoms with van der Waals surface area (Å²) in [4.78, 5) is 22.8. The average Bonchev–Trinajstić information content (AvgIpc) is 3.43. The van der Waals surface area contributed by atoms with Gasteiger partial charge in [-0.05, 0) is 85.7 Å². The molecule has 0 radical (unpaired) electrons. The number of aliphatic hydroxyl groups is 1. The lowest BCUT2D eigenvalue weighted by Gasteiger charge is -2.58. The van der Waals surface area contributed by atoms with Crippen molar-refractivity contribution >= 4 is 11.9 Å². The Morgan fingerprint density at radius 2 is 2.14 bits per heavy atom. The van der Waals surface area contributed by atoms with E-state index in [1.807, 2.05) is 6.08 Å². The van der Waals surface area contributed by atoms with Crippen molar-refractivity contribution in [3.05, 3.63) is 36.6 Å². The summed E-state index contributed by atoms with van der Waals surface area (Å²) in [7, 11) is 0. The maximum atomic E-state index is 12.0. The lowest BCUT2D eigenvalue weighted by atomic mass is 9.47. The van der Waals surface area contributed by atoms with Crippen molar-refractivity contribution in [1.29, 1.82) is 0 Å². The van der Waals surface area contributed by atoms with Gasteiger partial charge in [-0.1, -0.05) is 18.6 Å². The number of fused-ring (bicyclic) bond motifs is 7. The van der Waals surface area contributed by atoms with E-state index < -0.39 is 11.8 Å². The van der Waals surface area contributed by atoms with Crippen LogP contribution in [0.1, 0.15) is 45.4 Å². The normalized spacial score (nSPS) is 50.1. The van der Waals surface area contributed by atoms with Crippen molar-refractivity contribution in [2.75, 3.05) is 0 Å². The third-order valence-electron chi connectivity index (χ3n) is 9.22. The fourth-order valence-corrected chi connectivity index (χ4v) is 8.06. The van der Waals surface area contributed by atoms with Crippen LogP contribution < -0.4 is 0 Å². The van der Waals surface area contributed by atoms with Crippen molar-refractivity contribution in [1.82, 2.24) is 0 Å². The van der Waals surface area contributed by atoms with Gasteiger partial charge in [-0.15, -0.1) is 6.58 Å². The van der Waals surface area contributed by atoms with E-state index in [0.717, 1.165) is 38.4 Å². The van der Waals surface area contributed by atoms with E-state index in [4.69, 9.17) is 5.11 Å². The molecular formula is C24H30O5. The number of rotatable bonds is 3. The number of allylic oxidation sites excluding steroid dienone is 2. The third-order valence-corrected chi connectivity index (χ3v) is 9.22. The van der Waals surface area contributed by atoms with Crippen LogP contribution in [0.15, 0.2) is 36.6 Å². The van der Waals surface area contributed by atoms with Crippen LogP contribution in [0.2, 0.25) is 0 Å². The molecule has 4 saturated carbocycles. The van der Waals surface area contributed by atoms with E-state index in [9.17, 15) is 14.7 Å². The molecule has 0 aromatic heterocycles. The molecule has 0 saturated heterocycles. The van der Waals surface area contributed by atoms with Gasteiger partial charge in [0.1, 0.15) is 0 Å². The summed E-state index contributed by atoms with van der Waals surface area (Å²) >= 11 is 0. The molecule has 5 aliphatic rings. The highest BCUT2D eigenvalue weighted by Gasteiger charge is 2.75. The van der Waals surface area contributed by atoms with Gasteiger partial charge < -0.3 is 14.9 Å². The molecule has 9 atom stereocenters. The third kappa shape index (κ3) is 2.56. The second kappa shape index (κ2) is 6.31. The van der Waals surface area contributed by atoms with Gasteiger partial charge in [-0.3, -0.25) is 4.79 Å². The summed E-state index contributed by atoms with van der Waals surface area (Å²) in [6, 6.07) is 0. The highest BCUT2D eigenvalue weighted by molar-refractivity contribution is 5.91. The Labute approximate surface area is 171 Å². The van der Waals surface area contributed by atoms with Crippen LogP contribution in [0.25, 0.3) is 0 Å². The largest absolute Gasteiger partial charge is 0.510 e. The minimum Gasteiger partial charge on any atom is -0.449 e. The second-order valence-electron chi connectivity index (χ2n) is 10.2. The fraction of sp³-hybridized carbons (Fsp3) is 0.667. The standard InChI is InChI=1S/C24H30O5/c1-3-13-10-14-11-15(25)4-5-16(14)17-6-7-23(2)21(20(13)17)18-12-19(18)24(23,28)8-9-29-22(26)27/h3,8-9,11,13,16-21,28H,1,4-7,10,12H2,2H3,(H,26,27)/b9-8-/t13-,16+,17-,18+,19-,20-,21+,23+,24+/m1/s1. The van der Waals surface area contributed by atoms with Crippen molar-refractivity contribution in [3.63, 3.8) is 0 Å². The van der Waals surface area contributed by atoms with E-state index >= 15 is 0 Å². The zero-order valence-electron chi connectivity index (χ0n) is 16.9. The van der Waals surface area contributed by atoms with Crippen molar-refractivity contribution < 1.29 is 24.5 Å². The first-order chi connectivity index (χ1) is 13.8. The number of ether oxygens (including phenoxy) is 1. The lowest BCUT2D eigenvalue weighted by molar-refractivity contribution is -0.124. The average molecular weight is 398 g/mol. The Bertz CT molecular complexity index is 827. The molecule has 0 unspecified atom stereocenters. The van der Waals surface area contributed by atoms with Crippen molar-refractivity contribution in [2.24, 2.45) is 46.8 Å². The molecule has 5 heteroatoms. The van der Waals surface area contributed by atoms with Gasteiger partial charge in [0.15, 0.2) is 5.78 Å². The molecule has 0 heterocycles. The van der Waals surface area contributed by atoms with Gasteiger partial charge >= 0.3 is 6.16 Å². The number of hydrogen-bond acceptors (Lipinski definition) is 4. The van der Waals surface area contributed by atoms with E-state index in [-0.39, 0.29) is 17.1 Å². The SMILES string of the molecule is C=C[C@@H]1CC2=CC(=O)CC[C@@H]2[C@H]2CC[C@@]3(C)[C@@H]([C@H]4C[C@H]4[C@@]3(O)/C=C\OC(=O)O)[C@@H]21. The Kier molecular flexibility index (Phi) is 4.16. The number of hydrogen-bond donors (Lipinski definition) is 2. The number of carboxylic acid groups (broad SMARTS) is 1. The minimum atomic E-state index is -1.36. The summed E-state index contributed by atoms with van der Waals surface area (Å²) in [5.41, 5.74) is 0.0200. The monoisotopic (exact) mass is 398 g/mol. The first-order valence-electron chi connectivity index (χ1n) is 11.0. The zero-order chi connectivity index (χ0) is 20.6. The second-order valence-corrected chi connectivity index (χ2v) is 10.2. The van der Waals surface area contributed by atoms with Crippen LogP contribution in [0.4, 0.5) is 4.79 Å². The molecule has 0 aromatic rings. The molecular weight excluding hydrogens is 368 g/mol. The topological polar surface area (TPSA) is 83.8 Å².